The Hall–Kier alpha value is -0.110. The SMILES string of the molecule is CCC(CC1CC1)NS(=O)(=O)c1c(Br)cc(N)cc1Br. The first kappa shape index (κ1) is 16.3. The van der Waals surface area contributed by atoms with Gasteiger partial charge in [-0.05, 0) is 62.8 Å². The average Bonchev–Trinajstić information content (AvgIpc) is 3.09. The van der Waals surface area contributed by atoms with Gasteiger partial charge in [0, 0.05) is 20.7 Å². The van der Waals surface area contributed by atoms with Crippen LogP contribution in [0.3, 0.4) is 0 Å². The molecule has 1 aliphatic carbocycles. The zero-order chi connectivity index (χ0) is 14.9. The summed E-state index contributed by atoms with van der Waals surface area (Å²) in [5.74, 6) is 0.681. The highest BCUT2D eigenvalue weighted by Gasteiger charge is 2.29. The normalized spacial score (nSPS) is 17.1. The third-order valence-corrected chi connectivity index (χ3v) is 6.82. The van der Waals surface area contributed by atoms with Crippen molar-refractivity contribution in [1.82, 2.24) is 4.72 Å². The second kappa shape index (κ2) is 6.34. The molecule has 1 aromatic carbocycles. The Kier molecular flexibility index (Phi) is 5.15. The molecule has 1 aromatic rings. The molecule has 1 unspecified atom stereocenters. The maximum atomic E-state index is 12.5. The molecule has 3 N–H and O–H groups in total. The van der Waals surface area contributed by atoms with Gasteiger partial charge in [0.05, 0.1) is 0 Å². The van der Waals surface area contributed by atoms with Gasteiger partial charge in [0.25, 0.3) is 0 Å². The summed E-state index contributed by atoms with van der Waals surface area (Å²) in [6.45, 7) is 2.00. The minimum Gasteiger partial charge on any atom is -0.399 e. The molecule has 4 nitrogen and oxygen atoms in total. The molecule has 112 valence electrons. The third-order valence-electron chi connectivity index (χ3n) is 3.42. The molecule has 1 aliphatic rings. The van der Waals surface area contributed by atoms with Gasteiger partial charge in [0.2, 0.25) is 10.0 Å². The molecule has 0 saturated heterocycles. The molecule has 1 atom stereocenters. The van der Waals surface area contributed by atoms with Crippen LogP contribution in [-0.2, 0) is 10.0 Å². The maximum Gasteiger partial charge on any atom is 0.243 e. The van der Waals surface area contributed by atoms with Crippen molar-refractivity contribution in [1.29, 1.82) is 0 Å². The smallest absolute Gasteiger partial charge is 0.243 e. The largest absolute Gasteiger partial charge is 0.399 e. The number of halogens is 2. The van der Waals surface area contributed by atoms with E-state index in [1.54, 1.807) is 12.1 Å². The van der Waals surface area contributed by atoms with Crippen LogP contribution in [0.2, 0.25) is 0 Å². The molecule has 0 bridgehead atoms. The molecular weight excluding hydrogens is 408 g/mol. The Morgan fingerprint density at radius 2 is 1.90 bits per heavy atom. The van der Waals surface area contributed by atoms with Gasteiger partial charge in [-0.1, -0.05) is 19.8 Å². The first-order valence-corrected chi connectivity index (χ1v) is 9.67. The van der Waals surface area contributed by atoms with Crippen molar-refractivity contribution in [2.24, 2.45) is 5.92 Å². The Bertz CT molecular complexity index is 577. The molecule has 1 saturated carbocycles. The Morgan fingerprint density at radius 3 is 2.35 bits per heavy atom. The van der Waals surface area contributed by atoms with Crippen LogP contribution in [-0.4, -0.2) is 14.5 Å². The fourth-order valence-electron chi connectivity index (χ4n) is 2.17. The number of nitrogen functional groups attached to an aromatic ring is 1. The fourth-order valence-corrected chi connectivity index (χ4v) is 6.12. The zero-order valence-corrected chi connectivity index (χ0v) is 15.2. The minimum absolute atomic E-state index is 0.0103. The summed E-state index contributed by atoms with van der Waals surface area (Å²) in [6.07, 6.45) is 4.14. The number of nitrogens with two attached hydrogens (primary N) is 1. The molecule has 0 spiro atoms. The predicted octanol–water partition coefficient (Wildman–Crippen LogP) is 3.65. The van der Waals surface area contributed by atoms with Gasteiger partial charge < -0.3 is 5.73 Å². The number of benzene rings is 1. The highest BCUT2D eigenvalue weighted by molar-refractivity contribution is 9.11. The van der Waals surface area contributed by atoms with E-state index in [1.807, 2.05) is 6.92 Å². The standard InChI is InChI=1S/C13H18Br2N2O2S/c1-2-10(5-8-3-4-8)17-20(18,19)13-11(14)6-9(16)7-12(13)15/h6-8,10,17H,2-5,16H2,1H3. The lowest BCUT2D eigenvalue weighted by Gasteiger charge is -2.18. The Labute approximate surface area is 136 Å². The van der Waals surface area contributed by atoms with Gasteiger partial charge in [-0.25, -0.2) is 13.1 Å². The first-order chi connectivity index (χ1) is 9.33. The molecular formula is C13H18Br2N2O2S. The minimum atomic E-state index is -3.57. The molecule has 7 heteroatoms. The van der Waals surface area contributed by atoms with Crippen LogP contribution in [0, 0.1) is 5.92 Å². The predicted molar refractivity (Wildman–Crippen MR) is 88.0 cm³/mol. The van der Waals surface area contributed by atoms with Crippen LogP contribution in [0.15, 0.2) is 26.0 Å². The molecule has 20 heavy (non-hydrogen) atoms. The van der Waals surface area contributed by atoms with E-state index in [2.05, 4.69) is 36.6 Å². The Morgan fingerprint density at radius 1 is 1.35 bits per heavy atom. The number of rotatable bonds is 6. The highest BCUT2D eigenvalue weighted by atomic mass is 79.9. The Balaban J connectivity index is 2.25. The summed E-state index contributed by atoms with van der Waals surface area (Å²) >= 11 is 6.56. The van der Waals surface area contributed by atoms with Gasteiger partial charge >= 0.3 is 0 Å². The van der Waals surface area contributed by atoms with E-state index < -0.39 is 10.0 Å². The molecule has 1 fully saturated rings. The zero-order valence-electron chi connectivity index (χ0n) is 11.2. The molecule has 0 amide bonds. The molecule has 0 aliphatic heterocycles. The first-order valence-electron chi connectivity index (χ1n) is 6.60. The summed E-state index contributed by atoms with van der Waals surface area (Å²) < 4.78 is 28.8. The van der Waals surface area contributed by atoms with E-state index in [0.29, 0.717) is 20.6 Å². The van der Waals surface area contributed by atoms with Crippen LogP contribution in [0.5, 0.6) is 0 Å². The molecule has 0 heterocycles. The number of hydrogen-bond acceptors (Lipinski definition) is 3. The van der Waals surface area contributed by atoms with Gasteiger partial charge in [0.15, 0.2) is 0 Å². The molecule has 0 radical (unpaired) electrons. The lowest BCUT2D eigenvalue weighted by Crippen LogP contribution is -2.35. The van der Waals surface area contributed by atoms with Gasteiger partial charge in [0.1, 0.15) is 4.90 Å². The lowest BCUT2D eigenvalue weighted by molar-refractivity contribution is 0.495. The van der Waals surface area contributed by atoms with E-state index in [0.717, 1.165) is 12.8 Å². The second-order valence-electron chi connectivity index (χ2n) is 5.22. The molecule has 2 rings (SSSR count). The van der Waals surface area contributed by atoms with Crippen LogP contribution < -0.4 is 10.5 Å². The van der Waals surface area contributed by atoms with Crippen molar-refractivity contribution in [3.63, 3.8) is 0 Å². The van der Waals surface area contributed by atoms with Gasteiger partial charge in [-0.15, -0.1) is 0 Å². The topological polar surface area (TPSA) is 72.2 Å². The molecule has 0 aromatic heterocycles. The van der Waals surface area contributed by atoms with E-state index in [-0.39, 0.29) is 10.9 Å². The summed E-state index contributed by atoms with van der Waals surface area (Å²) in [5, 5.41) is 0. The van der Waals surface area contributed by atoms with E-state index >= 15 is 0 Å². The van der Waals surface area contributed by atoms with E-state index in [1.165, 1.54) is 12.8 Å². The number of hydrogen-bond donors (Lipinski definition) is 2. The number of sulfonamides is 1. The summed E-state index contributed by atoms with van der Waals surface area (Å²) in [6, 6.07) is 3.19. The van der Waals surface area contributed by atoms with Gasteiger partial charge in [-0.2, -0.15) is 0 Å². The van der Waals surface area contributed by atoms with E-state index in [9.17, 15) is 8.42 Å². The number of nitrogens with one attached hydrogen (secondary N) is 1. The van der Waals surface area contributed by atoms with Crippen molar-refractivity contribution < 1.29 is 8.42 Å². The second-order valence-corrected chi connectivity index (χ2v) is 8.58. The van der Waals surface area contributed by atoms with E-state index in [4.69, 9.17) is 5.73 Å². The quantitative estimate of drug-likeness (QED) is 0.683. The van der Waals surface area contributed by atoms with Crippen LogP contribution in [0.1, 0.15) is 32.6 Å². The summed E-state index contributed by atoms with van der Waals surface area (Å²) in [4.78, 5) is 0.209. The van der Waals surface area contributed by atoms with Gasteiger partial charge in [-0.3, -0.25) is 0 Å². The summed E-state index contributed by atoms with van der Waals surface area (Å²) in [5.41, 5.74) is 6.21. The number of anilines is 1. The van der Waals surface area contributed by atoms with Crippen LogP contribution in [0.25, 0.3) is 0 Å². The highest BCUT2D eigenvalue weighted by Crippen LogP contribution is 2.36. The van der Waals surface area contributed by atoms with Crippen molar-refractivity contribution in [3.05, 3.63) is 21.1 Å². The lowest BCUT2D eigenvalue weighted by atomic mass is 10.1. The summed E-state index contributed by atoms with van der Waals surface area (Å²) in [7, 11) is -3.57. The average molecular weight is 426 g/mol. The maximum absolute atomic E-state index is 12.5. The monoisotopic (exact) mass is 424 g/mol. The van der Waals surface area contributed by atoms with Crippen LogP contribution >= 0.6 is 31.9 Å². The van der Waals surface area contributed by atoms with Crippen molar-refractivity contribution in [3.8, 4) is 0 Å². The van der Waals surface area contributed by atoms with Crippen molar-refractivity contribution >= 4 is 47.6 Å². The van der Waals surface area contributed by atoms with Crippen LogP contribution in [0.4, 0.5) is 5.69 Å². The third kappa shape index (κ3) is 3.96. The van der Waals surface area contributed by atoms with Crippen molar-refractivity contribution in [2.75, 3.05) is 5.73 Å². The fraction of sp³-hybridized carbons (Fsp3) is 0.538. The van der Waals surface area contributed by atoms with Crippen molar-refractivity contribution in [2.45, 2.75) is 43.5 Å².